The first-order valence-electron chi connectivity index (χ1n) is 11.3. The lowest BCUT2D eigenvalue weighted by molar-refractivity contribution is 0.0173. The monoisotopic (exact) mass is 476 g/mol. The molecule has 3 rings (SSSR count). The highest BCUT2D eigenvalue weighted by molar-refractivity contribution is 6.76. The van der Waals surface area contributed by atoms with Crippen molar-refractivity contribution in [2.45, 2.75) is 45.5 Å². The van der Waals surface area contributed by atoms with E-state index in [1.165, 1.54) is 12.1 Å². The Morgan fingerprint density at radius 2 is 1.82 bits per heavy atom. The van der Waals surface area contributed by atoms with Crippen LogP contribution in [0.3, 0.4) is 0 Å². The molecule has 0 radical (unpaired) electrons. The lowest BCUT2D eigenvalue weighted by atomic mass is 9.73. The highest BCUT2D eigenvalue weighted by Gasteiger charge is 2.39. The number of Topliss-reactive ketones (excluding diaryl/α,β-unsaturated/α-hetero) is 1. The van der Waals surface area contributed by atoms with Crippen molar-refractivity contribution in [3.63, 3.8) is 0 Å². The van der Waals surface area contributed by atoms with Crippen molar-refractivity contribution >= 4 is 13.9 Å². The summed E-state index contributed by atoms with van der Waals surface area (Å²) in [5.74, 6) is -2.02. The van der Waals surface area contributed by atoms with Gasteiger partial charge in [0.05, 0.1) is 11.4 Å². The number of pyridine rings is 1. The van der Waals surface area contributed by atoms with Gasteiger partial charge in [-0.05, 0) is 57.2 Å². The molecule has 1 heterocycles. The molecule has 1 aliphatic carbocycles. The van der Waals surface area contributed by atoms with Crippen LogP contribution in [-0.4, -0.2) is 57.8 Å². The zero-order valence-electron chi connectivity index (χ0n) is 20.4. The maximum absolute atomic E-state index is 14.6. The smallest absolute Gasteiger partial charge is 0.193 e. The van der Waals surface area contributed by atoms with Crippen molar-refractivity contribution in [3.8, 4) is 17.0 Å². The molecule has 0 saturated heterocycles. The molecule has 0 saturated carbocycles. The van der Waals surface area contributed by atoms with Crippen LogP contribution in [0.25, 0.3) is 11.3 Å². The third kappa shape index (κ3) is 6.25. The molecule has 5 nitrogen and oxygen atoms in total. The molecule has 0 fully saturated rings. The molecular formula is C25H34F2N2O3Si. The lowest BCUT2D eigenvalue weighted by Gasteiger charge is -2.35. The van der Waals surface area contributed by atoms with E-state index in [0.717, 1.165) is 6.04 Å². The first-order chi connectivity index (χ1) is 15.4. The van der Waals surface area contributed by atoms with E-state index in [1.807, 2.05) is 25.9 Å². The molecule has 33 heavy (non-hydrogen) atoms. The average molecular weight is 477 g/mol. The second-order valence-corrected chi connectivity index (χ2v) is 16.2. The summed E-state index contributed by atoms with van der Waals surface area (Å²) in [4.78, 5) is 19.6. The van der Waals surface area contributed by atoms with Crippen LogP contribution < -0.4 is 4.74 Å². The summed E-state index contributed by atoms with van der Waals surface area (Å²) >= 11 is 0. The van der Waals surface area contributed by atoms with Crippen LogP contribution in [0.1, 0.15) is 29.4 Å². The fraction of sp³-hybridized carbons (Fsp3) is 0.520. The molecule has 180 valence electrons. The third-order valence-electron chi connectivity index (χ3n) is 5.92. The van der Waals surface area contributed by atoms with E-state index in [1.54, 1.807) is 12.1 Å². The Hall–Kier alpha value is -2.16. The summed E-state index contributed by atoms with van der Waals surface area (Å²) in [5, 5.41) is 0. The normalized spacial score (nSPS) is 18.5. The van der Waals surface area contributed by atoms with Gasteiger partial charge in [-0.3, -0.25) is 9.78 Å². The molecule has 2 aromatic rings. The van der Waals surface area contributed by atoms with Crippen LogP contribution in [0.15, 0.2) is 24.3 Å². The number of ether oxygens (including phenoxy) is 2. The van der Waals surface area contributed by atoms with Crippen LogP contribution in [0, 0.1) is 17.0 Å². The minimum absolute atomic E-state index is 0.0618. The fourth-order valence-corrected chi connectivity index (χ4v) is 4.88. The molecule has 0 amide bonds. The summed E-state index contributed by atoms with van der Waals surface area (Å²) < 4.78 is 39.8. The van der Waals surface area contributed by atoms with E-state index in [2.05, 4.69) is 24.6 Å². The number of rotatable bonds is 9. The quantitative estimate of drug-likeness (QED) is 0.275. The van der Waals surface area contributed by atoms with Crippen molar-refractivity contribution in [1.29, 1.82) is 0 Å². The van der Waals surface area contributed by atoms with Gasteiger partial charge in [-0.25, -0.2) is 8.78 Å². The number of halogens is 2. The van der Waals surface area contributed by atoms with Crippen LogP contribution in [0.5, 0.6) is 5.75 Å². The molecule has 0 bridgehead atoms. The van der Waals surface area contributed by atoms with Crippen molar-refractivity contribution in [2.24, 2.45) is 5.41 Å². The first kappa shape index (κ1) is 25.5. The Balaban J connectivity index is 1.74. The molecule has 1 aliphatic rings. The van der Waals surface area contributed by atoms with Gasteiger partial charge in [-0.1, -0.05) is 26.6 Å². The number of nitrogens with zero attached hydrogens (tertiary/aromatic N) is 2. The van der Waals surface area contributed by atoms with Crippen LogP contribution >= 0.6 is 0 Å². The highest BCUT2D eigenvalue weighted by Crippen LogP contribution is 2.36. The topological polar surface area (TPSA) is 51.7 Å². The second kappa shape index (κ2) is 9.99. The lowest BCUT2D eigenvalue weighted by Crippen LogP contribution is -2.41. The SMILES string of the molecule is CN(C)CC1(C)CCc2nc(-c3cc(F)c(OCOCC[Si](C)(C)C)c(F)c3)ccc2C1=O. The van der Waals surface area contributed by atoms with Crippen LogP contribution in [-0.2, 0) is 11.2 Å². The maximum Gasteiger partial charge on any atom is 0.193 e. The van der Waals surface area contributed by atoms with E-state index in [4.69, 9.17) is 9.47 Å². The Labute approximate surface area is 196 Å². The van der Waals surface area contributed by atoms with Crippen LogP contribution in [0.4, 0.5) is 8.78 Å². The Morgan fingerprint density at radius 1 is 1.15 bits per heavy atom. The van der Waals surface area contributed by atoms with E-state index < -0.39 is 30.9 Å². The van der Waals surface area contributed by atoms with Gasteiger partial charge in [0.25, 0.3) is 0 Å². The molecule has 1 aromatic heterocycles. The summed E-state index contributed by atoms with van der Waals surface area (Å²) in [6.45, 7) is 9.61. The Bertz CT molecular complexity index is 1000. The van der Waals surface area contributed by atoms with Gasteiger partial charge in [0.15, 0.2) is 30.0 Å². The fourth-order valence-electron chi connectivity index (χ4n) is 4.12. The number of aryl methyl sites for hydroxylation is 1. The third-order valence-corrected chi connectivity index (χ3v) is 7.63. The first-order valence-corrected chi connectivity index (χ1v) is 15.0. The molecule has 0 spiro atoms. The van der Waals surface area contributed by atoms with Gasteiger partial charge >= 0.3 is 0 Å². The van der Waals surface area contributed by atoms with Gasteiger partial charge in [0.1, 0.15) is 0 Å². The summed E-state index contributed by atoms with van der Waals surface area (Å²) in [7, 11) is 2.66. The standard InChI is InChI=1S/C25H34F2N2O3Si/c1-25(15-29(2)3)10-9-22-18(24(25)30)7-8-21(28-22)17-13-19(26)23(20(27)14-17)32-16-31-11-12-33(4,5)6/h7-8,13-14H,9-12,15-16H2,1-6H3. The van der Waals surface area contributed by atoms with E-state index in [9.17, 15) is 13.6 Å². The molecular weight excluding hydrogens is 442 g/mol. The van der Waals surface area contributed by atoms with Gasteiger partial charge < -0.3 is 14.4 Å². The second-order valence-electron chi connectivity index (χ2n) is 10.6. The molecule has 0 aliphatic heterocycles. The minimum atomic E-state index is -1.24. The van der Waals surface area contributed by atoms with Crippen molar-refractivity contribution in [3.05, 3.63) is 47.2 Å². The average Bonchev–Trinajstić information content (AvgIpc) is 2.71. The van der Waals surface area contributed by atoms with Gasteiger partial charge in [-0.2, -0.15) is 0 Å². The van der Waals surface area contributed by atoms with Crippen molar-refractivity contribution < 1.29 is 23.0 Å². The van der Waals surface area contributed by atoms with Crippen molar-refractivity contribution in [2.75, 3.05) is 34.0 Å². The summed E-state index contributed by atoms with van der Waals surface area (Å²) in [6, 6.07) is 6.72. The molecule has 1 atom stereocenters. The maximum atomic E-state index is 14.6. The highest BCUT2D eigenvalue weighted by atomic mass is 28.3. The zero-order valence-corrected chi connectivity index (χ0v) is 21.4. The number of aromatic nitrogens is 1. The summed E-state index contributed by atoms with van der Waals surface area (Å²) in [6.07, 6.45) is 1.32. The van der Waals surface area contributed by atoms with E-state index in [-0.39, 0.29) is 12.6 Å². The number of hydrogen-bond acceptors (Lipinski definition) is 5. The Morgan fingerprint density at radius 3 is 2.42 bits per heavy atom. The Kier molecular flexibility index (Phi) is 7.71. The van der Waals surface area contributed by atoms with Crippen LogP contribution in [0.2, 0.25) is 25.7 Å². The predicted octanol–water partition coefficient (Wildman–Crippen LogP) is 5.41. The predicted molar refractivity (Wildman–Crippen MR) is 129 cm³/mol. The number of carbonyl (C=O) groups is 1. The molecule has 1 unspecified atom stereocenters. The van der Waals surface area contributed by atoms with Gasteiger partial charge in [-0.15, -0.1) is 0 Å². The van der Waals surface area contributed by atoms with E-state index in [0.29, 0.717) is 48.5 Å². The zero-order chi connectivity index (χ0) is 24.4. The number of ketones is 1. The van der Waals surface area contributed by atoms with E-state index >= 15 is 0 Å². The molecule has 8 heteroatoms. The van der Waals surface area contributed by atoms with Crippen molar-refractivity contribution in [1.82, 2.24) is 9.88 Å². The number of fused-ring (bicyclic) bond motifs is 1. The number of benzene rings is 1. The number of carbonyl (C=O) groups excluding carboxylic acids is 1. The number of hydrogen-bond donors (Lipinski definition) is 0. The summed E-state index contributed by atoms with van der Waals surface area (Å²) in [5.41, 5.74) is 1.52. The molecule has 1 aromatic carbocycles. The largest absolute Gasteiger partial charge is 0.461 e. The van der Waals surface area contributed by atoms with Gasteiger partial charge in [0, 0.05) is 37.8 Å². The minimum Gasteiger partial charge on any atom is -0.461 e. The van der Waals surface area contributed by atoms with Gasteiger partial charge in [0.2, 0.25) is 0 Å². The molecule has 0 N–H and O–H groups in total.